The quantitative estimate of drug-likeness (QED) is 0.723. The lowest BCUT2D eigenvalue weighted by molar-refractivity contribution is -0.182. The largest absolute Gasteiger partial charge is 0.443 e. The third kappa shape index (κ3) is 4.46. The summed E-state index contributed by atoms with van der Waals surface area (Å²) in [5.74, 6) is 1.28. The number of rotatable bonds is 7. The minimum absolute atomic E-state index is 0.0658. The summed E-state index contributed by atoms with van der Waals surface area (Å²) in [4.78, 5) is 21.7. The molecular formula is C19H24N2O4. The molecule has 1 heterocycles. The molecule has 134 valence electrons. The summed E-state index contributed by atoms with van der Waals surface area (Å²) in [5.41, 5.74) is 2.69. The number of ether oxygens (including phenoxy) is 1. The molecule has 1 aromatic carbocycles. The van der Waals surface area contributed by atoms with Crippen molar-refractivity contribution in [3.63, 3.8) is 0 Å². The predicted octanol–water partition coefficient (Wildman–Crippen LogP) is 3.01. The molecular weight excluding hydrogens is 320 g/mol. The molecule has 0 radical (unpaired) electrons. The second-order valence-electron chi connectivity index (χ2n) is 6.28. The number of fused-ring (bicyclic) bond motifs is 1. The first-order chi connectivity index (χ1) is 12.2. The van der Waals surface area contributed by atoms with Gasteiger partial charge in [0.1, 0.15) is 19.0 Å². The highest BCUT2D eigenvalue weighted by molar-refractivity contribution is 5.76. The molecule has 0 bridgehead atoms. The highest BCUT2D eigenvalue weighted by Gasteiger charge is 2.25. The molecule has 1 aliphatic carbocycles. The van der Waals surface area contributed by atoms with Gasteiger partial charge in [0, 0.05) is 5.92 Å². The molecule has 0 N–H and O–H groups in total. The average molecular weight is 344 g/mol. The Morgan fingerprint density at radius 3 is 3.00 bits per heavy atom. The van der Waals surface area contributed by atoms with Gasteiger partial charge in [-0.2, -0.15) is 0 Å². The molecule has 0 fully saturated rings. The van der Waals surface area contributed by atoms with Gasteiger partial charge < -0.3 is 9.15 Å². The molecule has 1 atom stereocenters. The van der Waals surface area contributed by atoms with Crippen molar-refractivity contribution in [2.24, 2.45) is 0 Å². The second kappa shape index (κ2) is 8.27. The minimum atomic E-state index is -0.200. The van der Waals surface area contributed by atoms with E-state index in [1.165, 1.54) is 23.3 Å². The first kappa shape index (κ1) is 17.6. The van der Waals surface area contributed by atoms with Crippen molar-refractivity contribution in [3.8, 4) is 0 Å². The Labute approximate surface area is 147 Å². The van der Waals surface area contributed by atoms with Crippen molar-refractivity contribution in [2.75, 3.05) is 20.3 Å². The Hall–Kier alpha value is -2.18. The van der Waals surface area contributed by atoms with E-state index in [4.69, 9.17) is 14.0 Å². The van der Waals surface area contributed by atoms with Gasteiger partial charge in [0.2, 0.25) is 5.89 Å². The molecule has 1 aliphatic rings. The molecule has 1 aromatic heterocycles. The van der Waals surface area contributed by atoms with E-state index in [2.05, 4.69) is 29.2 Å². The van der Waals surface area contributed by atoms with E-state index in [0.717, 1.165) is 25.0 Å². The lowest BCUT2D eigenvalue weighted by Gasteiger charge is -2.30. The lowest BCUT2D eigenvalue weighted by atomic mass is 9.83. The minimum Gasteiger partial charge on any atom is -0.443 e. The van der Waals surface area contributed by atoms with Crippen LogP contribution >= 0.6 is 0 Å². The standard InChI is InChI=1S/C19H24N2O4/c1-14-10-20-18(25-14)12-24-13-19(22)21(23-2)11-16-8-5-7-15-6-3-4-9-17(15)16/h3-4,6,9-10,16H,5,7-8,11-13H2,1-2H3. The summed E-state index contributed by atoms with van der Waals surface area (Å²) < 4.78 is 10.7. The zero-order chi connectivity index (χ0) is 17.6. The maximum Gasteiger partial charge on any atom is 0.272 e. The SMILES string of the molecule is CON(CC1CCCc2ccccc21)C(=O)COCc1ncc(C)o1. The number of hydroxylamine groups is 2. The van der Waals surface area contributed by atoms with Gasteiger partial charge in [0.15, 0.2) is 0 Å². The molecule has 25 heavy (non-hydrogen) atoms. The van der Waals surface area contributed by atoms with Crippen LogP contribution in [0.2, 0.25) is 0 Å². The number of hydrogen-bond donors (Lipinski definition) is 0. The Morgan fingerprint density at radius 2 is 2.24 bits per heavy atom. The van der Waals surface area contributed by atoms with Gasteiger partial charge >= 0.3 is 0 Å². The van der Waals surface area contributed by atoms with E-state index in [0.29, 0.717) is 18.4 Å². The average Bonchev–Trinajstić information content (AvgIpc) is 3.04. The number of carbonyl (C=O) groups excluding carboxylic acids is 1. The topological polar surface area (TPSA) is 64.8 Å². The number of carbonyl (C=O) groups is 1. The van der Waals surface area contributed by atoms with Gasteiger partial charge in [-0.15, -0.1) is 0 Å². The number of nitrogens with zero attached hydrogens (tertiary/aromatic N) is 2. The van der Waals surface area contributed by atoms with Gasteiger partial charge in [-0.05, 0) is 37.3 Å². The van der Waals surface area contributed by atoms with E-state index in [9.17, 15) is 4.79 Å². The third-order valence-corrected chi connectivity index (χ3v) is 4.50. The van der Waals surface area contributed by atoms with Crippen molar-refractivity contribution in [3.05, 3.63) is 53.2 Å². The number of amides is 1. The molecule has 0 aliphatic heterocycles. The summed E-state index contributed by atoms with van der Waals surface area (Å²) in [7, 11) is 1.52. The van der Waals surface area contributed by atoms with E-state index in [1.807, 2.05) is 6.92 Å². The number of aryl methyl sites for hydroxylation is 2. The Bertz CT molecular complexity index is 713. The molecule has 2 aromatic rings. The number of benzene rings is 1. The van der Waals surface area contributed by atoms with Crippen LogP contribution < -0.4 is 0 Å². The zero-order valence-corrected chi connectivity index (χ0v) is 14.7. The molecule has 0 saturated heterocycles. The molecule has 0 spiro atoms. The number of oxazole rings is 1. The summed E-state index contributed by atoms with van der Waals surface area (Å²) in [6.45, 7) is 2.46. The predicted molar refractivity (Wildman–Crippen MR) is 91.7 cm³/mol. The van der Waals surface area contributed by atoms with Crippen molar-refractivity contribution >= 4 is 5.91 Å². The van der Waals surface area contributed by atoms with E-state index in [1.54, 1.807) is 6.20 Å². The van der Waals surface area contributed by atoms with Crippen LogP contribution in [0, 0.1) is 6.92 Å². The highest BCUT2D eigenvalue weighted by atomic mass is 16.7. The van der Waals surface area contributed by atoms with Crippen molar-refractivity contribution in [1.29, 1.82) is 0 Å². The summed E-state index contributed by atoms with van der Waals surface area (Å²) in [6.07, 6.45) is 4.92. The van der Waals surface area contributed by atoms with Crippen LogP contribution in [-0.4, -0.2) is 36.2 Å². The van der Waals surface area contributed by atoms with Crippen molar-refractivity contribution in [1.82, 2.24) is 10.0 Å². The molecule has 1 amide bonds. The van der Waals surface area contributed by atoms with Gasteiger partial charge in [-0.1, -0.05) is 24.3 Å². The van der Waals surface area contributed by atoms with Crippen LogP contribution in [0.1, 0.15) is 41.5 Å². The fourth-order valence-electron chi connectivity index (χ4n) is 3.29. The van der Waals surface area contributed by atoms with Gasteiger partial charge in [0.05, 0.1) is 19.9 Å². The number of hydrogen-bond acceptors (Lipinski definition) is 5. The first-order valence-corrected chi connectivity index (χ1v) is 8.58. The summed E-state index contributed by atoms with van der Waals surface area (Å²) in [6, 6.07) is 8.44. The van der Waals surface area contributed by atoms with E-state index in [-0.39, 0.29) is 19.1 Å². The monoisotopic (exact) mass is 344 g/mol. The Kier molecular flexibility index (Phi) is 5.83. The van der Waals surface area contributed by atoms with Crippen molar-refractivity contribution in [2.45, 2.75) is 38.7 Å². The van der Waals surface area contributed by atoms with Crippen LogP contribution in [0.4, 0.5) is 0 Å². The van der Waals surface area contributed by atoms with Crippen LogP contribution in [0.15, 0.2) is 34.9 Å². The Balaban J connectivity index is 1.54. The first-order valence-electron chi connectivity index (χ1n) is 8.58. The maximum absolute atomic E-state index is 12.4. The summed E-state index contributed by atoms with van der Waals surface area (Å²) >= 11 is 0. The van der Waals surface area contributed by atoms with Gasteiger partial charge in [-0.25, -0.2) is 10.0 Å². The van der Waals surface area contributed by atoms with Crippen LogP contribution in [0.25, 0.3) is 0 Å². The normalized spacial score (nSPS) is 16.5. The second-order valence-corrected chi connectivity index (χ2v) is 6.28. The molecule has 0 saturated carbocycles. The fourth-order valence-corrected chi connectivity index (χ4v) is 3.29. The third-order valence-electron chi connectivity index (χ3n) is 4.50. The lowest BCUT2D eigenvalue weighted by Crippen LogP contribution is -2.37. The van der Waals surface area contributed by atoms with Gasteiger partial charge in [-0.3, -0.25) is 9.63 Å². The highest BCUT2D eigenvalue weighted by Crippen LogP contribution is 2.32. The smallest absolute Gasteiger partial charge is 0.272 e. The summed E-state index contributed by atoms with van der Waals surface area (Å²) in [5, 5.41) is 1.40. The Morgan fingerprint density at radius 1 is 1.40 bits per heavy atom. The van der Waals surface area contributed by atoms with Crippen LogP contribution in [0.5, 0.6) is 0 Å². The van der Waals surface area contributed by atoms with Gasteiger partial charge in [0.25, 0.3) is 5.91 Å². The molecule has 3 rings (SSSR count). The molecule has 6 nitrogen and oxygen atoms in total. The molecule has 6 heteroatoms. The van der Waals surface area contributed by atoms with Crippen molar-refractivity contribution < 1.29 is 18.8 Å². The number of aromatic nitrogens is 1. The van der Waals surface area contributed by atoms with Crippen LogP contribution in [-0.2, 0) is 27.4 Å². The van der Waals surface area contributed by atoms with Crippen LogP contribution in [0.3, 0.4) is 0 Å². The molecule has 1 unspecified atom stereocenters. The fraction of sp³-hybridized carbons (Fsp3) is 0.474. The maximum atomic E-state index is 12.4. The van der Waals surface area contributed by atoms with E-state index >= 15 is 0 Å². The van der Waals surface area contributed by atoms with E-state index < -0.39 is 0 Å². The zero-order valence-electron chi connectivity index (χ0n) is 14.7.